The van der Waals surface area contributed by atoms with Crippen molar-refractivity contribution in [2.24, 2.45) is 5.73 Å². The van der Waals surface area contributed by atoms with E-state index in [1.54, 1.807) is 0 Å². The third kappa shape index (κ3) is 1.77. The molecule has 2 saturated heterocycles. The summed E-state index contributed by atoms with van der Waals surface area (Å²) in [7, 11) is 0. The molecule has 2 rings (SSSR count). The minimum atomic E-state index is 0.382. The average Bonchev–Trinajstić information content (AvgIpc) is 2.54. The van der Waals surface area contributed by atoms with Gasteiger partial charge < -0.3 is 10.5 Å². The number of hydrogen-bond acceptors (Lipinski definition) is 4. The Morgan fingerprint density at radius 3 is 2.42 bits per heavy atom. The van der Waals surface area contributed by atoms with E-state index < -0.39 is 0 Å². The minimum absolute atomic E-state index is 0.382. The van der Waals surface area contributed by atoms with Crippen LogP contribution in [0.25, 0.3) is 0 Å². The van der Waals surface area contributed by atoms with Crippen LogP contribution < -0.4 is 5.73 Å². The maximum atomic E-state index is 5.83. The summed E-state index contributed by atoms with van der Waals surface area (Å²) in [6, 6.07) is 0.382. The monoisotopic (exact) mass is 171 g/mol. The van der Waals surface area contributed by atoms with E-state index in [0.717, 1.165) is 45.8 Å². The maximum Gasteiger partial charge on any atom is 0.0608 e. The molecule has 1 atom stereocenters. The molecule has 0 aliphatic carbocycles. The fourth-order valence-electron chi connectivity index (χ4n) is 1.86. The highest BCUT2D eigenvalue weighted by Gasteiger charge is 2.25. The molecule has 0 spiro atoms. The lowest BCUT2D eigenvalue weighted by atomic mass is 10.3. The van der Waals surface area contributed by atoms with Crippen LogP contribution in [0.1, 0.15) is 6.42 Å². The SMILES string of the molecule is NC1CCN(N2CCOCC2)C1. The second-order valence-electron chi connectivity index (χ2n) is 3.53. The van der Waals surface area contributed by atoms with E-state index in [1.807, 2.05) is 0 Å². The topological polar surface area (TPSA) is 41.7 Å². The second kappa shape index (κ2) is 3.70. The molecule has 4 nitrogen and oxygen atoms in total. The van der Waals surface area contributed by atoms with Crippen molar-refractivity contribution >= 4 is 0 Å². The molecule has 2 aliphatic rings. The summed E-state index contributed by atoms with van der Waals surface area (Å²) in [6.07, 6.45) is 1.14. The van der Waals surface area contributed by atoms with Gasteiger partial charge >= 0.3 is 0 Å². The minimum Gasteiger partial charge on any atom is -0.379 e. The van der Waals surface area contributed by atoms with Crippen LogP contribution in [-0.4, -0.2) is 55.5 Å². The van der Waals surface area contributed by atoms with Crippen molar-refractivity contribution in [1.82, 2.24) is 10.0 Å². The van der Waals surface area contributed by atoms with Crippen LogP contribution in [0.15, 0.2) is 0 Å². The Morgan fingerprint density at radius 1 is 1.08 bits per heavy atom. The Balaban J connectivity index is 1.83. The van der Waals surface area contributed by atoms with E-state index in [0.29, 0.717) is 6.04 Å². The van der Waals surface area contributed by atoms with Gasteiger partial charge in [0.15, 0.2) is 0 Å². The number of morpholine rings is 1. The van der Waals surface area contributed by atoms with Crippen molar-refractivity contribution in [2.75, 3.05) is 39.4 Å². The van der Waals surface area contributed by atoms with Gasteiger partial charge in [0, 0.05) is 32.2 Å². The predicted octanol–water partition coefficient (Wildman–Crippen LogP) is -0.733. The molecule has 0 amide bonds. The van der Waals surface area contributed by atoms with Gasteiger partial charge in [-0.25, -0.2) is 10.0 Å². The lowest BCUT2D eigenvalue weighted by molar-refractivity contribution is -0.0778. The Kier molecular flexibility index (Phi) is 2.60. The van der Waals surface area contributed by atoms with Crippen LogP contribution in [0.4, 0.5) is 0 Å². The first kappa shape index (κ1) is 8.44. The van der Waals surface area contributed by atoms with Crippen LogP contribution >= 0.6 is 0 Å². The summed E-state index contributed by atoms with van der Waals surface area (Å²) in [5, 5.41) is 4.74. The van der Waals surface area contributed by atoms with E-state index >= 15 is 0 Å². The van der Waals surface area contributed by atoms with Crippen molar-refractivity contribution in [3.8, 4) is 0 Å². The summed E-state index contributed by atoms with van der Waals surface area (Å²) in [6.45, 7) is 5.96. The molecule has 1 unspecified atom stereocenters. The largest absolute Gasteiger partial charge is 0.379 e. The molecular formula is C8H17N3O. The maximum absolute atomic E-state index is 5.83. The van der Waals surface area contributed by atoms with Gasteiger partial charge in [-0.2, -0.15) is 0 Å². The Morgan fingerprint density at radius 2 is 1.83 bits per heavy atom. The average molecular weight is 171 g/mol. The van der Waals surface area contributed by atoms with Crippen molar-refractivity contribution in [3.63, 3.8) is 0 Å². The number of ether oxygens (including phenoxy) is 1. The number of hydrogen-bond donors (Lipinski definition) is 1. The Bertz CT molecular complexity index is 144. The zero-order chi connectivity index (χ0) is 8.39. The molecule has 2 heterocycles. The lowest BCUT2D eigenvalue weighted by Gasteiger charge is -2.34. The zero-order valence-electron chi connectivity index (χ0n) is 7.41. The standard InChI is InChI=1S/C8H17N3O/c9-8-1-2-11(7-8)10-3-5-12-6-4-10/h8H,1-7,9H2. The fraction of sp³-hybridized carbons (Fsp3) is 1.00. The van der Waals surface area contributed by atoms with E-state index in [4.69, 9.17) is 10.5 Å². The van der Waals surface area contributed by atoms with Gasteiger partial charge in [-0.15, -0.1) is 0 Å². The normalized spacial score (nSPS) is 34.2. The predicted molar refractivity (Wildman–Crippen MR) is 46.6 cm³/mol. The molecule has 12 heavy (non-hydrogen) atoms. The molecule has 2 fully saturated rings. The molecule has 0 saturated carbocycles. The lowest BCUT2D eigenvalue weighted by Crippen LogP contribution is -2.48. The first-order chi connectivity index (χ1) is 5.86. The molecule has 2 N–H and O–H groups in total. The highest BCUT2D eigenvalue weighted by atomic mass is 16.5. The van der Waals surface area contributed by atoms with Crippen LogP contribution in [0.3, 0.4) is 0 Å². The summed E-state index contributed by atoms with van der Waals surface area (Å²) in [5.74, 6) is 0. The summed E-state index contributed by atoms with van der Waals surface area (Å²) < 4.78 is 5.29. The van der Waals surface area contributed by atoms with Crippen molar-refractivity contribution in [1.29, 1.82) is 0 Å². The summed E-state index contributed by atoms with van der Waals surface area (Å²) >= 11 is 0. The van der Waals surface area contributed by atoms with Gasteiger partial charge in [-0.1, -0.05) is 0 Å². The van der Waals surface area contributed by atoms with Gasteiger partial charge in [0.05, 0.1) is 13.2 Å². The molecule has 0 aromatic rings. The third-order valence-electron chi connectivity index (χ3n) is 2.59. The van der Waals surface area contributed by atoms with E-state index in [1.165, 1.54) is 0 Å². The molecule has 0 radical (unpaired) electrons. The van der Waals surface area contributed by atoms with Crippen LogP contribution in [0.5, 0.6) is 0 Å². The van der Waals surface area contributed by atoms with E-state index in [-0.39, 0.29) is 0 Å². The van der Waals surface area contributed by atoms with Crippen molar-refractivity contribution in [2.45, 2.75) is 12.5 Å². The Hall–Kier alpha value is -0.160. The molecule has 70 valence electrons. The van der Waals surface area contributed by atoms with E-state index in [2.05, 4.69) is 10.0 Å². The third-order valence-corrected chi connectivity index (χ3v) is 2.59. The Labute approximate surface area is 73.2 Å². The van der Waals surface area contributed by atoms with Crippen LogP contribution in [0, 0.1) is 0 Å². The van der Waals surface area contributed by atoms with Gasteiger partial charge in [0.2, 0.25) is 0 Å². The molecule has 0 aromatic heterocycles. The number of nitrogens with two attached hydrogens (primary N) is 1. The van der Waals surface area contributed by atoms with Crippen molar-refractivity contribution < 1.29 is 4.74 Å². The summed E-state index contributed by atoms with van der Waals surface area (Å²) in [4.78, 5) is 0. The number of rotatable bonds is 1. The van der Waals surface area contributed by atoms with Gasteiger partial charge in [-0.3, -0.25) is 0 Å². The molecule has 2 aliphatic heterocycles. The zero-order valence-corrected chi connectivity index (χ0v) is 7.41. The van der Waals surface area contributed by atoms with Gasteiger partial charge in [0.25, 0.3) is 0 Å². The van der Waals surface area contributed by atoms with Gasteiger partial charge in [0.1, 0.15) is 0 Å². The molecular weight excluding hydrogens is 154 g/mol. The second-order valence-corrected chi connectivity index (χ2v) is 3.53. The molecule has 0 bridgehead atoms. The quantitative estimate of drug-likeness (QED) is 0.564. The first-order valence-electron chi connectivity index (χ1n) is 4.69. The molecule has 0 aromatic carbocycles. The highest BCUT2D eigenvalue weighted by molar-refractivity contribution is 4.77. The highest BCUT2D eigenvalue weighted by Crippen LogP contribution is 2.11. The first-order valence-corrected chi connectivity index (χ1v) is 4.69. The van der Waals surface area contributed by atoms with Crippen LogP contribution in [0.2, 0.25) is 0 Å². The number of hydrazine groups is 1. The fourth-order valence-corrected chi connectivity index (χ4v) is 1.86. The summed E-state index contributed by atoms with van der Waals surface area (Å²) in [5.41, 5.74) is 5.83. The van der Waals surface area contributed by atoms with Crippen LogP contribution in [-0.2, 0) is 4.74 Å². The molecule has 4 heteroatoms. The number of nitrogens with zero attached hydrogens (tertiary/aromatic N) is 2. The van der Waals surface area contributed by atoms with Crippen molar-refractivity contribution in [3.05, 3.63) is 0 Å². The van der Waals surface area contributed by atoms with Gasteiger partial charge in [-0.05, 0) is 6.42 Å². The smallest absolute Gasteiger partial charge is 0.0608 e. The van der Waals surface area contributed by atoms with E-state index in [9.17, 15) is 0 Å².